The third kappa shape index (κ3) is 3.63. The van der Waals surface area contributed by atoms with Gasteiger partial charge in [0.15, 0.2) is 0 Å². The number of benzene rings is 1. The second-order valence-corrected chi connectivity index (χ2v) is 6.47. The van der Waals surface area contributed by atoms with E-state index in [1.54, 1.807) is 12.3 Å². The van der Waals surface area contributed by atoms with E-state index >= 15 is 0 Å². The number of hydrogen-bond acceptors (Lipinski definition) is 5. The van der Waals surface area contributed by atoms with Crippen LogP contribution < -0.4 is 10.1 Å². The molecule has 8 heteroatoms. The molecule has 26 heavy (non-hydrogen) atoms. The van der Waals surface area contributed by atoms with Gasteiger partial charge in [-0.3, -0.25) is 9.89 Å². The maximum atomic E-state index is 12.4. The molecule has 1 aliphatic rings. The molecule has 0 bridgehead atoms. The van der Waals surface area contributed by atoms with Crippen molar-refractivity contribution in [1.82, 2.24) is 15.2 Å². The third-order valence-electron chi connectivity index (χ3n) is 4.22. The zero-order valence-electron chi connectivity index (χ0n) is 13.9. The average molecular weight is 373 g/mol. The van der Waals surface area contributed by atoms with E-state index in [0.29, 0.717) is 35.4 Å². The molecule has 134 valence electrons. The number of anilines is 1. The molecule has 1 fully saturated rings. The average Bonchev–Trinajstić information content (AvgIpc) is 3.12. The predicted molar refractivity (Wildman–Crippen MR) is 97.8 cm³/mol. The fourth-order valence-electron chi connectivity index (χ4n) is 2.81. The number of carbonyl (C=O) groups excluding carboxylic acids is 1. The minimum Gasteiger partial charge on any atom is -0.473 e. The van der Waals surface area contributed by atoms with E-state index in [2.05, 4.69) is 20.5 Å². The van der Waals surface area contributed by atoms with Crippen LogP contribution in [0.2, 0.25) is 5.02 Å². The summed E-state index contributed by atoms with van der Waals surface area (Å²) in [5, 5.41) is 10.9. The van der Waals surface area contributed by atoms with Gasteiger partial charge in [-0.2, -0.15) is 5.10 Å². The first-order valence-electron chi connectivity index (χ1n) is 8.33. The quantitative estimate of drug-likeness (QED) is 0.732. The maximum absolute atomic E-state index is 12.4. The van der Waals surface area contributed by atoms with Gasteiger partial charge in [-0.15, -0.1) is 0 Å². The number of halogens is 1. The summed E-state index contributed by atoms with van der Waals surface area (Å²) in [6.45, 7) is 1.34. The summed E-state index contributed by atoms with van der Waals surface area (Å²) in [6, 6.07) is 7.07. The monoisotopic (exact) mass is 372 g/mol. The van der Waals surface area contributed by atoms with E-state index < -0.39 is 0 Å². The molecular formula is C18H17ClN4O3. The number of aromatic amines is 1. The number of amides is 1. The molecule has 7 nitrogen and oxygen atoms in total. The molecule has 1 saturated heterocycles. The largest absolute Gasteiger partial charge is 0.473 e. The summed E-state index contributed by atoms with van der Waals surface area (Å²) in [5.41, 5.74) is 1.86. The van der Waals surface area contributed by atoms with Crippen LogP contribution >= 0.6 is 11.6 Å². The lowest BCUT2D eigenvalue weighted by molar-refractivity contribution is 0.0238. The maximum Gasteiger partial charge on any atom is 0.257 e. The summed E-state index contributed by atoms with van der Waals surface area (Å²) >= 11 is 6.25. The molecular weight excluding hydrogens is 356 g/mol. The van der Waals surface area contributed by atoms with Crippen LogP contribution in [0, 0.1) is 0 Å². The van der Waals surface area contributed by atoms with E-state index in [9.17, 15) is 4.79 Å². The highest BCUT2D eigenvalue weighted by atomic mass is 35.5. The smallest absolute Gasteiger partial charge is 0.257 e. The number of fused-ring (bicyclic) bond motifs is 1. The van der Waals surface area contributed by atoms with Gasteiger partial charge in [0.2, 0.25) is 5.88 Å². The fraction of sp³-hybridized carbons (Fsp3) is 0.278. The van der Waals surface area contributed by atoms with Crippen LogP contribution in [0.25, 0.3) is 10.9 Å². The van der Waals surface area contributed by atoms with Gasteiger partial charge in [0.1, 0.15) is 11.1 Å². The molecule has 0 unspecified atom stereocenters. The molecule has 0 aliphatic carbocycles. The molecule has 4 rings (SSSR count). The Morgan fingerprint density at radius 2 is 2.12 bits per heavy atom. The highest BCUT2D eigenvalue weighted by Crippen LogP contribution is 2.26. The lowest BCUT2D eigenvalue weighted by Crippen LogP contribution is -2.26. The first-order chi connectivity index (χ1) is 12.7. The SMILES string of the molecule is O=C(Nc1ccc2cn[nH]c2c1)c1cnc(OC2CCOCC2)c(Cl)c1. The minimum absolute atomic E-state index is 0.0366. The summed E-state index contributed by atoms with van der Waals surface area (Å²) in [4.78, 5) is 16.7. The number of carbonyl (C=O) groups is 1. The minimum atomic E-state index is -0.295. The fourth-order valence-corrected chi connectivity index (χ4v) is 3.02. The number of H-pyrrole nitrogens is 1. The Morgan fingerprint density at radius 1 is 1.27 bits per heavy atom. The van der Waals surface area contributed by atoms with Crippen molar-refractivity contribution in [2.75, 3.05) is 18.5 Å². The molecule has 2 aromatic heterocycles. The topological polar surface area (TPSA) is 89.1 Å². The molecule has 2 N–H and O–H groups in total. The van der Waals surface area contributed by atoms with Crippen LogP contribution in [0.1, 0.15) is 23.2 Å². The Balaban J connectivity index is 1.46. The standard InChI is InChI=1S/C18H17ClN4O3/c19-15-7-12(9-20-18(15)26-14-3-5-25-6-4-14)17(24)22-13-2-1-11-10-21-23-16(11)8-13/h1-2,7-10,14H,3-6H2,(H,21,23)(H,22,24). The summed E-state index contributed by atoms with van der Waals surface area (Å²) < 4.78 is 11.1. The number of ether oxygens (including phenoxy) is 2. The van der Waals surface area contributed by atoms with E-state index in [0.717, 1.165) is 23.7 Å². The molecule has 0 saturated carbocycles. The molecule has 1 aliphatic heterocycles. The van der Waals surface area contributed by atoms with E-state index in [1.165, 1.54) is 6.20 Å². The van der Waals surface area contributed by atoms with Crippen LogP contribution in [-0.2, 0) is 4.74 Å². The molecule has 1 amide bonds. The van der Waals surface area contributed by atoms with Crippen molar-refractivity contribution in [2.45, 2.75) is 18.9 Å². The highest BCUT2D eigenvalue weighted by Gasteiger charge is 2.18. The van der Waals surface area contributed by atoms with Gasteiger partial charge < -0.3 is 14.8 Å². The lowest BCUT2D eigenvalue weighted by atomic mass is 10.1. The van der Waals surface area contributed by atoms with Gasteiger partial charge in [0.25, 0.3) is 5.91 Å². The third-order valence-corrected chi connectivity index (χ3v) is 4.49. The molecule has 0 radical (unpaired) electrons. The van der Waals surface area contributed by atoms with Crippen molar-refractivity contribution in [3.63, 3.8) is 0 Å². The first-order valence-corrected chi connectivity index (χ1v) is 8.71. The summed E-state index contributed by atoms with van der Waals surface area (Å²) in [6.07, 6.45) is 4.83. The van der Waals surface area contributed by atoms with Gasteiger partial charge in [0, 0.05) is 30.1 Å². The van der Waals surface area contributed by atoms with Gasteiger partial charge in [-0.25, -0.2) is 4.98 Å². The van der Waals surface area contributed by atoms with Gasteiger partial charge >= 0.3 is 0 Å². The van der Waals surface area contributed by atoms with E-state index in [1.807, 2.05) is 18.2 Å². The van der Waals surface area contributed by atoms with Gasteiger partial charge in [-0.05, 0) is 24.3 Å². The number of nitrogens with zero attached hydrogens (tertiary/aromatic N) is 2. The normalized spacial score (nSPS) is 15.1. The second kappa shape index (κ2) is 7.31. The number of aromatic nitrogens is 3. The number of hydrogen-bond donors (Lipinski definition) is 2. The van der Waals surface area contributed by atoms with Crippen LogP contribution in [0.15, 0.2) is 36.7 Å². The van der Waals surface area contributed by atoms with Crippen LogP contribution in [0.3, 0.4) is 0 Å². The molecule has 0 atom stereocenters. The van der Waals surface area contributed by atoms with Gasteiger partial charge in [-0.1, -0.05) is 11.6 Å². The van der Waals surface area contributed by atoms with Crippen molar-refractivity contribution >= 4 is 34.1 Å². The summed E-state index contributed by atoms with van der Waals surface area (Å²) in [7, 11) is 0. The van der Waals surface area contributed by atoms with Crippen LogP contribution in [-0.4, -0.2) is 40.4 Å². The zero-order chi connectivity index (χ0) is 17.9. The van der Waals surface area contributed by atoms with Gasteiger partial charge in [0.05, 0.1) is 30.5 Å². The van der Waals surface area contributed by atoms with E-state index in [-0.39, 0.29) is 12.0 Å². The Kier molecular flexibility index (Phi) is 4.73. The predicted octanol–water partition coefficient (Wildman–Crippen LogP) is 3.42. The van der Waals surface area contributed by atoms with Crippen molar-refractivity contribution < 1.29 is 14.3 Å². The van der Waals surface area contributed by atoms with Crippen LogP contribution in [0.5, 0.6) is 5.88 Å². The first kappa shape index (κ1) is 16.8. The second-order valence-electron chi connectivity index (χ2n) is 6.07. The Morgan fingerprint density at radius 3 is 2.92 bits per heavy atom. The van der Waals surface area contributed by atoms with Crippen LogP contribution in [0.4, 0.5) is 5.69 Å². The number of pyridine rings is 1. The lowest BCUT2D eigenvalue weighted by Gasteiger charge is -2.23. The van der Waals surface area contributed by atoms with E-state index in [4.69, 9.17) is 21.1 Å². The van der Waals surface area contributed by atoms with Crippen molar-refractivity contribution in [3.05, 3.63) is 47.2 Å². The highest BCUT2D eigenvalue weighted by molar-refractivity contribution is 6.32. The Hall–Kier alpha value is -2.64. The summed E-state index contributed by atoms with van der Waals surface area (Å²) in [5.74, 6) is 0.0462. The van der Waals surface area contributed by atoms with Crippen molar-refractivity contribution in [3.8, 4) is 5.88 Å². The molecule has 3 aromatic rings. The van der Waals surface area contributed by atoms with Crippen molar-refractivity contribution in [2.24, 2.45) is 0 Å². The molecule has 1 aromatic carbocycles. The number of rotatable bonds is 4. The Bertz CT molecular complexity index is 937. The van der Waals surface area contributed by atoms with Crippen molar-refractivity contribution in [1.29, 1.82) is 0 Å². The zero-order valence-corrected chi connectivity index (χ0v) is 14.6. The number of nitrogens with one attached hydrogen (secondary N) is 2. The molecule has 3 heterocycles. The Labute approximate surface area is 154 Å². The molecule has 0 spiro atoms.